The van der Waals surface area contributed by atoms with Gasteiger partial charge in [-0.3, -0.25) is 9.59 Å². The summed E-state index contributed by atoms with van der Waals surface area (Å²) in [6.45, 7) is 8.88. The minimum Gasteiger partial charge on any atom is -0.494 e. The van der Waals surface area contributed by atoms with Crippen LogP contribution < -0.4 is 9.47 Å². The number of carbonyl (C=O) groups excluding carboxylic acids is 2. The number of carbonyl (C=O) groups is 2. The van der Waals surface area contributed by atoms with Crippen molar-refractivity contribution in [1.82, 2.24) is 9.80 Å². The molecule has 0 atom stereocenters. The van der Waals surface area contributed by atoms with Gasteiger partial charge < -0.3 is 19.3 Å². The molecule has 1 aromatic carbocycles. The Hall–Kier alpha value is -2.24. The lowest BCUT2D eigenvalue weighted by molar-refractivity contribution is -0.136. The van der Waals surface area contributed by atoms with Gasteiger partial charge in [0.05, 0.1) is 6.61 Å². The van der Waals surface area contributed by atoms with Crippen molar-refractivity contribution in [1.29, 1.82) is 0 Å². The van der Waals surface area contributed by atoms with E-state index in [0.717, 1.165) is 12.2 Å². The monoisotopic (exact) mass is 348 g/mol. The molecule has 1 aliphatic rings. The fourth-order valence-corrected chi connectivity index (χ4v) is 2.79. The highest BCUT2D eigenvalue weighted by molar-refractivity contribution is 5.79. The zero-order chi connectivity index (χ0) is 18.2. The first-order valence-electron chi connectivity index (χ1n) is 8.93. The quantitative estimate of drug-likeness (QED) is 0.791. The first-order valence-corrected chi connectivity index (χ1v) is 8.93. The maximum Gasteiger partial charge on any atom is 0.260 e. The van der Waals surface area contributed by atoms with Crippen molar-refractivity contribution in [2.24, 2.45) is 5.92 Å². The average Bonchev–Trinajstić information content (AvgIpc) is 2.86. The van der Waals surface area contributed by atoms with Crippen LogP contribution in [0.4, 0.5) is 0 Å². The maximum absolute atomic E-state index is 12.4. The van der Waals surface area contributed by atoms with Crippen LogP contribution in [-0.4, -0.2) is 61.0 Å². The normalized spacial score (nSPS) is 15.0. The summed E-state index contributed by atoms with van der Waals surface area (Å²) in [6.07, 6.45) is 0.799. The van der Waals surface area contributed by atoms with Gasteiger partial charge in [-0.15, -0.1) is 0 Å². The van der Waals surface area contributed by atoms with Crippen LogP contribution in [0.15, 0.2) is 24.3 Å². The van der Waals surface area contributed by atoms with Crippen LogP contribution in [0, 0.1) is 5.92 Å². The van der Waals surface area contributed by atoms with Gasteiger partial charge >= 0.3 is 0 Å². The molecule has 0 saturated carbocycles. The Bertz CT molecular complexity index is 571. The van der Waals surface area contributed by atoms with Gasteiger partial charge in [0.2, 0.25) is 5.91 Å². The van der Waals surface area contributed by atoms with Crippen LogP contribution in [0.3, 0.4) is 0 Å². The number of amides is 2. The van der Waals surface area contributed by atoms with Crippen LogP contribution in [0.1, 0.15) is 27.2 Å². The van der Waals surface area contributed by atoms with Gasteiger partial charge in [0.1, 0.15) is 11.5 Å². The van der Waals surface area contributed by atoms with Gasteiger partial charge in [0.25, 0.3) is 5.91 Å². The lowest BCUT2D eigenvalue weighted by Gasteiger charge is -2.23. The van der Waals surface area contributed by atoms with Crippen LogP contribution in [0.5, 0.6) is 11.5 Å². The van der Waals surface area contributed by atoms with Gasteiger partial charge in [-0.05, 0) is 37.6 Å². The van der Waals surface area contributed by atoms with E-state index in [1.54, 1.807) is 17.0 Å². The topological polar surface area (TPSA) is 59.1 Å². The summed E-state index contributed by atoms with van der Waals surface area (Å²) < 4.78 is 11.0. The summed E-state index contributed by atoms with van der Waals surface area (Å²) >= 11 is 0. The first-order chi connectivity index (χ1) is 12.0. The third-order valence-electron chi connectivity index (χ3n) is 4.15. The molecule has 1 heterocycles. The molecule has 0 aliphatic carbocycles. The molecule has 0 bridgehead atoms. The molecule has 6 heteroatoms. The fraction of sp³-hybridized carbons (Fsp3) is 0.579. The summed E-state index contributed by atoms with van der Waals surface area (Å²) in [5.74, 6) is 1.52. The molecule has 0 spiro atoms. The van der Waals surface area contributed by atoms with Crippen molar-refractivity contribution in [2.75, 3.05) is 39.4 Å². The summed E-state index contributed by atoms with van der Waals surface area (Å²) in [7, 11) is 0. The van der Waals surface area contributed by atoms with E-state index in [1.165, 1.54) is 0 Å². The highest BCUT2D eigenvalue weighted by Crippen LogP contribution is 2.17. The lowest BCUT2D eigenvalue weighted by Crippen LogP contribution is -2.40. The number of rotatable bonds is 6. The summed E-state index contributed by atoms with van der Waals surface area (Å²) in [5.41, 5.74) is 0. The van der Waals surface area contributed by atoms with E-state index in [0.29, 0.717) is 38.5 Å². The molecule has 1 fully saturated rings. The summed E-state index contributed by atoms with van der Waals surface area (Å²) in [5, 5.41) is 0. The molecule has 138 valence electrons. The zero-order valence-electron chi connectivity index (χ0n) is 15.4. The summed E-state index contributed by atoms with van der Waals surface area (Å²) in [4.78, 5) is 28.1. The van der Waals surface area contributed by atoms with Gasteiger partial charge in [0.15, 0.2) is 6.61 Å². The molecule has 1 saturated heterocycles. The molecule has 25 heavy (non-hydrogen) atoms. The molecule has 0 unspecified atom stereocenters. The predicted octanol–water partition coefficient (Wildman–Crippen LogP) is 2.18. The van der Waals surface area contributed by atoms with Crippen LogP contribution in [-0.2, 0) is 9.59 Å². The van der Waals surface area contributed by atoms with Crippen molar-refractivity contribution in [3.05, 3.63) is 24.3 Å². The molecule has 0 radical (unpaired) electrons. The highest BCUT2D eigenvalue weighted by Gasteiger charge is 2.23. The van der Waals surface area contributed by atoms with Crippen LogP contribution in [0.2, 0.25) is 0 Å². The Morgan fingerprint density at radius 2 is 1.52 bits per heavy atom. The molecule has 0 N–H and O–H groups in total. The van der Waals surface area contributed by atoms with Crippen molar-refractivity contribution in [2.45, 2.75) is 27.2 Å². The van der Waals surface area contributed by atoms with Gasteiger partial charge in [-0.1, -0.05) is 13.8 Å². The second kappa shape index (κ2) is 9.30. The van der Waals surface area contributed by atoms with Crippen molar-refractivity contribution in [3.63, 3.8) is 0 Å². The summed E-state index contributed by atoms with van der Waals surface area (Å²) in [6, 6.07) is 7.24. The number of benzene rings is 1. The maximum atomic E-state index is 12.4. The third kappa shape index (κ3) is 5.66. The molecule has 0 aromatic heterocycles. The van der Waals surface area contributed by atoms with Crippen LogP contribution >= 0.6 is 0 Å². The molecular weight excluding hydrogens is 320 g/mol. The number of hydrogen-bond donors (Lipinski definition) is 0. The lowest BCUT2D eigenvalue weighted by atomic mass is 10.2. The van der Waals surface area contributed by atoms with Gasteiger partial charge in [-0.25, -0.2) is 0 Å². The second-order valence-electron chi connectivity index (χ2n) is 6.41. The van der Waals surface area contributed by atoms with E-state index in [4.69, 9.17) is 9.47 Å². The third-order valence-corrected chi connectivity index (χ3v) is 4.15. The first kappa shape index (κ1) is 19.1. The van der Waals surface area contributed by atoms with E-state index in [-0.39, 0.29) is 24.3 Å². The largest absolute Gasteiger partial charge is 0.494 e. The Labute approximate surface area is 149 Å². The minimum absolute atomic E-state index is 0.00606. The average molecular weight is 348 g/mol. The molecule has 1 aliphatic heterocycles. The zero-order valence-corrected chi connectivity index (χ0v) is 15.4. The molecule has 6 nitrogen and oxygen atoms in total. The Morgan fingerprint density at radius 1 is 0.960 bits per heavy atom. The second-order valence-corrected chi connectivity index (χ2v) is 6.41. The Morgan fingerprint density at radius 3 is 2.12 bits per heavy atom. The molecule has 2 amide bonds. The molecule has 2 rings (SSSR count). The van der Waals surface area contributed by atoms with E-state index in [2.05, 4.69) is 0 Å². The molecule has 1 aromatic rings. The van der Waals surface area contributed by atoms with E-state index >= 15 is 0 Å². The van der Waals surface area contributed by atoms with Crippen molar-refractivity contribution < 1.29 is 19.1 Å². The van der Waals surface area contributed by atoms with Crippen molar-refractivity contribution in [3.8, 4) is 11.5 Å². The van der Waals surface area contributed by atoms with E-state index in [1.807, 2.05) is 37.8 Å². The fourth-order valence-electron chi connectivity index (χ4n) is 2.79. The van der Waals surface area contributed by atoms with Crippen LogP contribution in [0.25, 0.3) is 0 Å². The number of nitrogens with zero attached hydrogens (tertiary/aromatic N) is 2. The minimum atomic E-state index is -0.0484. The highest BCUT2D eigenvalue weighted by atomic mass is 16.5. The van der Waals surface area contributed by atoms with Gasteiger partial charge in [-0.2, -0.15) is 0 Å². The number of ether oxygens (including phenoxy) is 2. The number of hydrogen-bond acceptors (Lipinski definition) is 4. The smallest absolute Gasteiger partial charge is 0.260 e. The Kier molecular flexibility index (Phi) is 7.10. The van der Waals surface area contributed by atoms with Gasteiger partial charge in [0, 0.05) is 32.1 Å². The van der Waals surface area contributed by atoms with E-state index < -0.39 is 0 Å². The van der Waals surface area contributed by atoms with E-state index in [9.17, 15) is 9.59 Å². The molecular formula is C19H28N2O4. The SMILES string of the molecule is CCOc1ccc(OCC(=O)N2CCCN(C(=O)C(C)C)CC2)cc1. The predicted molar refractivity (Wildman–Crippen MR) is 95.7 cm³/mol. The Balaban J connectivity index is 1.81. The standard InChI is InChI=1S/C19H28N2O4/c1-4-24-16-6-8-17(9-7-16)25-14-18(22)20-10-5-11-21(13-12-20)19(23)15(2)3/h6-9,15H,4-5,10-14H2,1-3H3. The van der Waals surface area contributed by atoms with Crippen molar-refractivity contribution >= 4 is 11.8 Å².